The van der Waals surface area contributed by atoms with Crippen LogP contribution in [-0.2, 0) is 28.6 Å². The van der Waals surface area contributed by atoms with E-state index < -0.39 is 6.10 Å². The molecule has 0 saturated carbocycles. The molecule has 6 nitrogen and oxygen atoms in total. The molecule has 0 aliphatic heterocycles. The average Bonchev–Trinajstić information content (AvgIpc) is 3.28. The monoisotopic (exact) mass is 905 g/mol. The molecule has 0 radical (unpaired) electrons. The third kappa shape index (κ3) is 51.4. The lowest BCUT2D eigenvalue weighted by Gasteiger charge is -2.18. The van der Waals surface area contributed by atoms with Gasteiger partial charge in [0, 0.05) is 19.3 Å². The van der Waals surface area contributed by atoms with Gasteiger partial charge in [-0.05, 0) is 25.2 Å². The molecule has 0 unspecified atom stereocenters. The minimum atomic E-state index is -0.762. The van der Waals surface area contributed by atoms with Crippen LogP contribution in [0.25, 0.3) is 0 Å². The molecule has 0 N–H and O–H groups in total. The minimum absolute atomic E-state index is 0.0619. The van der Waals surface area contributed by atoms with Gasteiger partial charge in [0.1, 0.15) is 13.2 Å². The molecule has 64 heavy (non-hydrogen) atoms. The van der Waals surface area contributed by atoms with Crippen molar-refractivity contribution in [1.82, 2.24) is 0 Å². The Balaban J connectivity index is 4.30. The molecule has 0 aromatic carbocycles. The summed E-state index contributed by atoms with van der Waals surface area (Å²) in [4.78, 5) is 38.1. The zero-order chi connectivity index (χ0) is 46.7. The Morgan fingerprint density at radius 2 is 0.516 bits per heavy atom. The first-order valence-corrected chi connectivity index (χ1v) is 28.9. The highest BCUT2D eigenvalue weighted by Crippen LogP contribution is 2.18. The third-order valence-electron chi connectivity index (χ3n) is 13.3. The van der Waals surface area contributed by atoms with Crippen LogP contribution in [0.15, 0.2) is 0 Å². The molecule has 0 aliphatic carbocycles. The quantitative estimate of drug-likeness (QED) is 0.0344. The Hall–Kier alpha value is -1.59. The molecule has 0 aliphatic rings. The Kier molecular flexibility index (Phi) is 51.1. The highest BCUT2D eigenvalue weighted by molar-refractivity contribution is 5.71. The van der Waals surface area contributed by atoms with E-state index in [0.29, 0.717) is 19.3 Å². The summed E-state index contributed by atoms with van der Waals surface area (Å²) in [6.45, 7) is 9.05. The van der Waals surface area contributed by atoms with Crippen molar-refractivity contribution < 1.29 is 28.6 Å². The summed E-state index contributed by atoms with van der Waals surface area (Å²) in [5, 5.41) is 0. The lowest BCUT2D eigenvalue weighted by Crippen LogP contribution is -2.30. The molecule has 0 bridgehead atoms. The lowest BCUT2D eigenvalue weighted by molar-refractivity contribution is -0.167. The maximum atomic E-state index is 12.8. The van der Waals surface area contributed by atoms with Gasteiger partial charge in [-0.25, -0.2) is 0 Å². The van der Waals surface area contributed by atoms with Gasteiger partial charge in [-0.2, -0.15) is 0 Å². The van der Waals surface area contributed by atoms with Gasteiger partial charge in [0.05, 0.1) is 0 Å². The van der Waals surface area contributed by atoms with Gasteiger partial charge in [0.25, 0.3) is 0 Å². The predicted octanol–water partition coefficient (Wildman–Crippen LogP) is 19.0. The van der Waals surface area contributed by atoms with E-state index in [1.54, 1.807) is 0 Å². The highest BCUT2D eigenvalue weighted by atomic mass is 16.6. The number of rotatable bonds is 53. The van der Waals surface area contributed by atoms with Gasteiger partial charge in [-0.15, -0.1) is 0 Å². The Labute approximate surface area is 399 Å². The fourth-order valence-electron chi connectivity index (χ4n) is 8.92. The van der Waals surface area contributed by atoms with E-state index in [9.17, 15) is 14.4 Å². The second-order valence-electron chi connectivity index (χ2n) is 20.4. The fourth-order valence-corrected chi connectivity index (χ4v) is 8.92. The van der Waals surface area contributed by atoms with Crippen LogP contribution in [0.3, 0.4) is 0 Å². The van der Waals surface area contributed by atoms with Crippen molar-refractivity contribution in [3.63, 3.8) is 0 Å². The molecule has 0 fully saturated rings. The van der Waals surface area contributed by atoms with Crippen molar-refractivity contribution in [2.45, 2.75) is 336 Å². The normalized spacial score (nSPS) is 12.0. The molecular weight excluding hydrogens is 793 g/mol. The van der Waals surface area contributed by atoms with Crippen LogP contribution in [0, 0.1) is 5.92 Å². The molecule has 0 aromatic heterocycles. The number of unbranched alkanes of at least 4 members (excludes halogenated alkanes) is 40. The number of hydrogen-bond donors (Lipinski definition) is 0. The van der Waals surface area contributed by atoms with Crippen LogP contribution >= 0.6 is 0 Å². The zero-order valence-corrected chi connectivity index (χ0v) is 43.8. The van der Waals surface area contributed by atoms with E-state index in [2.05, 4.69) is 27.7 Å². The first kappa shape index (κ1) is 62.4. The molecule has 0 heterocycles. The van der Waals surface area contributed by atoms with Crippen LogP contribution in [0.2, 0.25) is 0 Å². The van der Waals surface area contributed by atoms with E-state index in [4.69, 9.17) is 14.2 Å². The third-order valence-corrected chi connectivity index (χ3v) is 13.3. The summed E-state index contributed by atoms with van der Waals surface area (Å²) in [7, 11) is 0. The van der Waals surface area contributed by atoms with Crippen molar-refractivity contribution in [3.8, 4) is 0 Å². The summed E-state index contributed by atoms with van der Waals surface area (Å²) < 4.78 is 16.9. The smallest absolute Gasteiger partial charge is 0.306 e. The minimum Gasteiger partial charge on any atom is -0.462 e. The number of hydrogen-bond acceptors (Lipinski definition) is 6. The van der Waals surface area contributed by atoms with Crippen molar-refractivity contribution in [2.75, 3.05) is 13.2 Å². The van der Waals surface area contributed by atoms with Gasteiger partial charge in [-0.3, -0.25) is 14.4 Å². The predicted molar refractivity (Wildman–Crippen MR) is 275 cm³/mol. The number of carbonyl (C=O) groups is 3. The SMILES string of the molecule is CCCCCCCCCCCCCCCCCCCC(=O)O[C@H](COC(=O)CCCCCCCCCCCCCCCCC)COC(=O)CCCCCCCCCCCCCC(C)C. The van der Waals surface area contributed by atoms with Crippen LogP contribution in [0.5, 0.6) is 0 Å². The number of ether oxygens (including phenoxy) is 3. The Morgan fingerprint density at radius 1 is 0.297 bits per heavy atom. The van der Waals surface area contributed by atoms with E-state index >= 15 is 0 Å². The van der Waals surface area contributed by atoms with Crippen LogP contribution < -0.4 is 0 Å². The van der Waals surface area contributed by atoms with Crippen LogP contribution in [0.4, 0.5) is 0 Å². The van der Waals surface area contributed by atoms with Gasteiger partial charge in [0.2, 0.25) is 0 Å². The highest BCUT2D eigenvalue weighted by Gasteiger charge is 2.19. The first-order valence-electron chi connectivity index (χ1n) is 28.9. The number of carbonyl (C=O) groups excluding carboxylic acids is 3. The standard InChI is InChI=1S/C58H112O6/c1-5-7-9-11-13-15-17-19-21-22-24-26-30-35-39-43-47-51-58(61)64-55(53-63-57(60)50-46-42-38-34-31-27-28-32-36-40-44-48-54(3)4)52-62-56(59)49-45-41-37-33-29-25-23-20-18-16-14-12-10-8-6-2/h54-55H,5-53H2,1-4H3/t55-/m1/s1. The molecule has 380 valence electrons. The molecular formula is C58H112O6. The van der Waals surface area contributed by atoms with Crippen molar-refractivity contribution in [1.29, 1.82) is 0 Å². The maximum absolute atomic E-state index is 12.8. The molecule has 0 spiro atoms. The summed E-state index contributed by atoms with van der Waals surface area (Å²) in [6.07, 6.45) is 56.6. The molecule has 6 heteroatoms. The van der Waals surface area contributed by atoms with E-state index in [1.807, 2.05) is 0 Å². The maximum Gasteiger partial charge on any atom is 0.306 e. The van der Waals surface area contributed by atoms with E-state index in [0.717, 1.165) is 63.7 Å². The second-order valence-corrected chi connectivity index (χ2v) is 20.4. The molecule has 0 aromatic rings. The zero-order valence-electron chi connectivity index (χ0n) is 43.8. The molecule has 0 rings (SSSR count). The van der Waals surface area contributed by atoms with Crippen molar-refractivity contribution in [2.24, 2.45) is 5.92 Å². The second kappa shape index (κ2) is 52.4. The van der Waals surface area contributed by atoms with E-state index in [-0.39, 0.29) is 31.1 Å². The molecule has 0 amide bonds. The van der Waals surface area contributed by atoms with Crippen molar-refractivity contribution in [3.05, 3.63) is 0 Å². The largest absolute Gasteiger partial charge is 0.462 e. The first-order chi connectivity index (χ1) is 31.4. The molecule has 0 saturated heterocycles. The summed E-state index contributed by atoms with van der Waals surface area (Å²) in [6, 6.07) is 0. The average molecular weight is 906 g/mol. The van der Waals surface area contributed by atoms with Gasteiger partial charge in [0.15, 0.2) is 6.10 Å². The van der Waals surface area contributed by atoms with Crippen molar-refractivity contribution >= 4 is 17.9 Å². The van der Waals surface area contributed by atoms with Gasteiger partial charge >= 0.3 is 17.9 Å². The number of esters is 3. The summed E-state index contributed by atoms with van der Waals surface area (Å²) in [5.74, 6) is -0.00869. The summed E-state index contributed by atoms with van der Waals surface area (Å²) in [5.41, 5.74) is 0. The Morgan fingerprint density at radius 3 is 0.766 bits per heavy atom. The lowest BCUT2D eigenvalue weighted by atomic mass is 10.0. The van der Waals surface area contributed by atoms with Crippen LogP contribution in [-0.4, -0.2) is 37.2 Å². The molecule has 1 atom stereocenters. The topological polar surface area (TPSA) is 78.9 Å². The van der Waals surface area contributed by atoms with E-state index in [1.165, 1.54) is 225 Å². The van der Waals surface area contributed by atoms with Gasteiger partial charge < -0.3 is 14.2 Å². The van der Waals surface area contributed by atoms with Gasteiger partial charge in [-0.1, -0.05) is 291 Å². The summed E-state index contributed by atoms with van der Waals surface area (Å²) >= 11 is 0. The van der Waals surface area contributed by atoms with Crippen LogP contribution in [0.1, 0.15) is 329 Å². The fraction of sp³-hybridized carbons (Fsp3) is 0.948. The Bertz CT molecular complexity index is 964.